The first kappa shape index (κ1) is 25.4. The van der Waals surface area contributed by atoms with Gasteiger partial charge in [-0.2, -0.15) is 13.2 Å². The lowest BCUT2D eigenvalue weighted by Crippen LogP contribution is -2.28. The lowest BCUT2D eigenvalue weighted by atomic mass is 10.1. The molecule has 0 aliphatic carbocycles. The van der Waals surface area contributed by atoms with Gasteiger partial charge < -0.3 is 25.4 Å². The Bertz CT molecular complexity index is 1220. The van der Waals surface area contributed by atoms with Crippen molar-refractivity contribution >= 4 is 40.9 Å². The van der Waals surface area contributed by atoms with Gasteiger partial charge >= 0.3 is 12.3 Å². The van der Waals surface area contributed by atoms with Crippen LogP contribution in [0.25, 0.3) is 0 Å². The van der Waals surface area contributed by atoms with Crippen molar-refractivity contribution in [3.63, 3.8) is 0 Å². The highest BCUT2D eigenvalue weighted by Gasteiger charge is 2.30. The van der Waals surface area contributed by atoms with Gasteiger partial charge in [-0.25, -0.2) is 9.78 Å². The second-order valence-electron chi connectivity index (χ2n) is 6.87. The summed E-state index contributed by atoms with van der Waals surface area (Å²) in [7, 11) is 0. The Kier molecular flexibility index (Phi) is 8.21. The molecule has 0 fully saturated rings. The highest BCUT2D eigenvalue weighted by molar-refractivity contribution is 7.80. The number of alkyl halides is 3. The summed E-state index contributed by atoms with van der Waals surface area (Å²) in [5, 5.41) is 7.44. The molecular weight excluding hydrogens is 485 g/mol. The van der Waals surface area contributed by atoms with E-state index in [1.54, 1.807) is 37.3 Å². The number of benzene rings is 2. The Morgan fingerprint density at radius 3 is 2.46 bits per heavy atom. The summed E-state index contributed by atoms with van der Waals surface area (Å²) < 4.78 is 49.2. The third-order valence-corrected chi connectivity index (χ3v) is 4.44. The fraction of sp³-hybridized carbons (Fsp3) is 0.130. The maximum atomic E-state index is 12.9. The summed E-state index contributed by atoms with van der Waals surface area (Å²) in [5.41, 5.74) is -0.722. The Morgan fingerprint density at radius 2 is 1.77 bits per heavy atom. The number of alkyl carbamates (subject to hydrolysis) is 1. The molecule has 0 aliphatic rings. The van der Waals surface area contributed by atoms with Crippen molar-refractivity contribution in [3.8, 4) is 11.5 Å². The van der Waals surface area contributed by atoms with Gasteiger partial charge in [-0.3, -0.25) is 4.79 Å². The van der Waals surface area contributed by atoms with Crippen LogP contribution in [-0.4, -0.2) is 28.7 Å². The van der Waals surface area contributed by atoms with Crippen LogP contribution in [0.5, 0.6) is 11.5 Å². The second-order valence-corrected chi connectivity index (χ2v) is 7.24. The van der Waals surface area contributed by atoms with Crippen molar-refractivity contribution in [1.29, 1.82) is 0 Å². The number of carbonyl (C=O) groups is 2. The fourth-order valence-corrected chi connectivity index (χ4v) is 2.90. The highest BCUT2D eigenvalue weighted by atomic mass is 32.1. The maximum Gasteiger partial charge on any atom is 0.416 e. The smallest absolute Gasteiger partial charge is 0.416 e. The van der Waals surface area contributed by atoms with Gasteiger partial charge in [0.05, 0.1) is 11.8 Å². The molecule has 0 radical (unpaired) electrons. The molecule has 2 aromatic carbocycles. The van der Waals surface area contributed by atoms with Gasteiger partial charge in [0.1, 0.15) is 17.3 Å². The van der Waals surface area contributed by atoms with Gasteiger partial charge in [-0.15, -0.1) is 0 Å². The molecule has 1 aromatic heterocycles. The number of pyridine rings is 1. The summed E-state index contributed by atoms with van der Waals surface area (Å²) in [5.74, 6) is 0.321. The van der Waals surface area contributed by atoms with Crippen LogP contribution in [0.3, 0.4) is 0 Å². The van der Waals surface area contributed by atoms with E-state index in [9.17, 15) is 22.8 Å². The van der Waals surface area contributed by atoms with E-state index in [4.69, 9.17) is 21.7 Å². The molecule has 0 saturated carbocycles. The molecule has 0 spiro atoms. The van der Waals surface area contributed by atoms with Gasteiger partial charge in [0, 0.05) is 23.9 Å². The van der Waals surface area contributed by atoms with Crippen LogP contribution in [0, 0.1) is 0 Å². The molecular formula is C23H19F3N4O4S. The third-order valence-electron chi connectivity index (χ3n) is 4.25. The van der Waals surface area contributed by atoms with E-state index in [1.165, 1.54) is 24.4 Å². The highest BCUT2D eigenvalue weighted by Crippen LogP contribution is 2.30. The first-order valence-corrected chi connectivity index (χ1v) is 10.5. The number of hydrogen-bond acceptors (Lipinski definition) is 6. The van der Waals surface area contributed by atoms with Gasteiger partial charge in [-0.05, 0) is 61.6 Å². The average Bonchev–Trinajstić information content (AvgIpc) is 2.80. The zero-order valence-electron chi connectivity index (χ0n) is 18.2. The van der Waals surface area contributed by atoms with E-state index in [1.807, 2.05) is 0 Å². The predicted octanol–water partition coefficient (Wildman–Crippen LogP) is 5.59. The number of aromatic nitrogens is 1. The van der Waals surface area contributed by atoms with Crippen molar-refractivity contribution in [2.75, 3.05) is 17.2 Å². The van der Waals surface area contributed by atoms with Crippen LogP contribution in [-0.2, 0) is 10.9 Å². The minimum atomic E-state index is -4.55. The van der Waals surface area contributed by atoms with E-state index >= 15 is 0 Å². The molecule has 1 heterocycles. The molecule has 8 nitrogen and oxygen atoms in total. The second kappa shape index (κ2) is 11.3. The number of nitrogens with one attached hydrogen (secondary N) is 3. The van der Waals surface area contributed by atoms with Crippen molar-refractivity contribution in [2.45, 2.75) is 13.1 Å². The quantitative estimate of drug-likeness (QED) is 0.376. The van der Waals surface area contributed by atoms with Crippen LogP contribution in [0.15, 0.2) is 66.9 Å². The third kappa shape index (κ3) is 7.67. The lowest BCUT2D eigenvalue weighted by Gasteiger charge is -2.11. The Morgan fingerprint density at radius 1 is 1.00 bits per heavy atom. The fourth-order valence-electron chi connectivity index (χ4n) is 2.72. The first-order chi connectivity index (χ1) is 16.6. The van der Waals surface area contributed by atoms with E-state index in [0.717, 1.165) is 12.1 Å². The van der Waals surface area contributed by atoms with E-state index in [2.05, 4.69) is 20.9 Å². The van der Waals surface area contributed by atoms with Crippen LogP contribution < -0.4 is 20.7 Å². The van der Waals surface area contributed by atoms with Crippen molar-refractivity contribution < 1.29 is 32.2 Å². The number of ether oxygens (including phenoxy) is 2. The average molecular weight is 504 g/mol. The van der Waals surface area contributed by atoms with Crippen LogP contribution >= 0.6 is 12.2 Å². The number of rotatable bonds is 6. The molecule has 182 valence electrons. The first-order valence-electron chi connectivity index (χ1n) is 10.1. The lowest BCUT2D eigenvalue weighted by molar-refractivity contribution is -0.137. The van der Waals surface area contributed by atoms with Gasteiger partial charge in [0.2, 0.25) is 0 Å². The number of nitrogens with zero attached hydrogens (tertiary/aromatic N) is 1. The van der Waals surface area contributed by atoms with E-state index in [-0.39, 0.29) is 10.7 Å². The molecule has 3 aromatic rings. The number of hydrogen-bond donors (Lipinski definition) is 3. The van der Waals surface area contributed by atoms with Crippen molar-refractivity contribution in [1.82, 2.24) is 10.3 Å². The zero-order chi connectivity index (χ0) is 25.4. The number of halogens is 3. The molecule has 0 atom stereocenters. The molecule has 3 N–H and O–H groups in total. The standard InChI is InChI=1S/C23H19F3N4O4S/c1-2-27-21(32)34-22(35)30-19-10-9-18(13-28-19)33-17-8-4-7-16(12-17)29-20(31)14-5-3-6-15(11-14)23(24,25)26/h3-13H,2H2,1H3,(H,27,32)(H,29,31)(H,28,30,35). The predicted molar refractivity (Wildman–Crippen MR) is 127 cm³/mol. The molecule has 0 bridgehead atoms. The molecule has 12 heteroatoms. The number of thiocarbonyl (C=S) groups is 1. The minimum absolute atomic E-state index is 0.132. The summed E-state index contributed by atoms with van der Waals surface area (Å²) >= 11 is 4.92. The normalized spacial score (nSPS) is 10.7. The number of anilines is 2. The minimum Gasteiger partial charge on any atom is -0.456 e. The molecule has 0 unspecified atom stereocenters. The van der Waals surface area contributed by atoms with Gasteiger partial charge in [-0.1, -0.05) is 12.1 Å². The number of amides is 2. The Labute approximate surface area is 203 Å². The van der Waals surface area contributed by atoms with E-state index < -0.39 is 23.7 Å². The molecule has 0 saturated heterocycles. The van der Waals surface area contributed by atoms with Crippen LogP contribution in [0.4, 0.5) is 29.5 Å². The van der Waals surface area contributed by atoms with Crippen molar-refractivity contribution in [3.05, 3.63) is 78.0 Å². The largest absolute Gasteiger partial charge is 0.456 e. The van der Waals surface area contributed by atoms with Crippen LogP contribution in [0.2, 0.25) is 0 Å². The Balaban J connectivity index is 1.61. The Hall–Kier alpha value is -4.19. The monoisotopic (exact) mass is 504 g/mol. The molecule has 0 aliphatic heterocycles. The zero-order valence-corrected chi connectivity index (χ0v) is 19.0. The molecule has 2 amide bonds. The summed E-state index contributed by atoms with van der Waals surface area (Å²) in [6.45, 7) is 2.12. The summed E-state index contributed by atoms with van der Waals surface area (Å²) in [6.07, 6.45) is -3.85. The van der Waals surface area contributed by atoms with Gasteiger partial charge in [0.25, 0.3) is 11.1 Å². The molecule has 35 heavy (non-hydrogen) atoms. The summed E-state index contributed by atoms with van der Waals surface area (Å²) in [6, 6.07) is 13.6. The maximum absolute atomic E-state index is 12.9. The van der Waals surface area contributed by atoms with E-state index in [0.29, 0.717) is 29.5 Å². The van der Waals surface area contributed by atoms with Gasteiger partial charge in [0.15, 0.2) is 0 Å². The SMILES string of the molecule is CCNC(=O)OC(=S)Nc1ccc(Oc2cccc(NC(=O)c3cccc(C(F)(F)F)c3)c2)cn1. The van der Waals surface area contributed by atoms with Crippen LogP contribution in [0.1, 0.15) is 22.8 Å². The number of carbonyl (C=O) groups excluding carboxylic acids is 2. The topological polar surface area (TPSA) is 102 Å². The van der Waals surface area contributed by atoms with Crippen molar-refractivity contribution in [2.24, 2.45) is 0 Å². The summed E-state index contributed by atoms with van der Waals surface area (Å²) in [4.78, 5) is 27.9. The molecule has 3 rings (SSSR count).